The largest absolute Gasteiger partial charge is 0.417 e. The van der Waals surface area contributed by atoms with E-state index >= 15 is 0 Å². The molecular weight excluding hydrogens is 355 g/mol. The first-order chi connectivity index (χ1) is 11.7. The normalized spacial score (nSPS) is 13.0. The summed E-state index contributed by atoms with van der Waals surface area (Å²) in [4.78, 5) is 21.7. The quantitative estimate of drug-likeness (QED) is 0.604. The maximum Gasteiger partial charge on any atom is 0.417 e. The molecule has 0 spiro atoms. The molecule has 132 valence electrons. The Hall–Kier alpha value is -2.41. The first-order valence-corrected chi connectivity index (χ1v) is 7.60. The minimum atomic E-state index is -4.56. The van der Waals surface area contributed by atoms with E-state index in [0.29, 0.717) is 11.8 Å². The van der Waals surface area contributed by atoms with Crippen LogP contribution in [0.2, 0.25) is 5.02 Å². The number of rotatable bonds is 4. The third-order valence-corrected chi connectivity index (χ3v) is 3.57. The molecule has 2 aromatic rings. The van der Waals surface area contributed by atoms with Gasteiger partial charge in [-0.3, -0.25) is 9.78 Å². The van der Waals surface area contributed by atoms with E-state index < -0.39 is 23.6 Å². The van der Waals surface area contributed by atoms with Gasteiger partial charge in [-0.1, -0.05) is 41.9 Å². The van der Waals surface area contributed by atoms with Crippen molar-refractivity contribution in [3.8, 4) is 0 Å². The Labute approximate surface area is 148 Å². The number of alkyl halides is 3. The van der Waals surface area contributed by atoms with Gasteiger partial charge in [-0.15, -0.1) is 0 Å². The number of hydrogen-bond donors (Lipinski definition) is 0. The smallest absolute Gasteiger partial charge is 0.369 e. The van der Waals surface area contributed by atoms with Gasteiger partial charge in [0.1, 0.15) is 5.92 Å². The van der Waals surface area contributed by atoms with Crippen LogP contribution in [0.3, 0.4) is 0 Å². The van der Waals surface area contributed by atoms with Gasteiger partial charge in [0.15, 0.2) is 0 Å². The molecule has 0 saturated carbocycles. The molecule has 0 aliphatic heterocycles. The van der Waals surface area contributed by atoms with Crippen LogP contribution in [0.5, 0.6) is 0 Å². The second-order valence-electron chi connectivity index (χ2n) is 5.48. The summed E-state index contributed by atoms with van der Waals surface area (Å²) in [6.07, 6.45) is -2.58. The zero-order valence-electron chi connectivity index (χ0n) is 13.5. The third-order valence-electron chi connectivity index (χ3n) is 3.27. The zero-order valence-corrected chi connectivity index (χ0v) is 14.2. The molecule has 0 bridgehead atoms. The molecule has 1 unspecified atom stereocenters. The predicted octanol–water partition coefficient (Wildman–Crippen LogP) is 4.00. The molecule has 4 nitrogen and oxygen atoms in total. The van der Waals surface area contributed by atoms with E-state index in [4.69, 9.17) is 11.6 Å². The fourth-order valence-electron chi connectivity index (χ4n) is 2.13. The van der Waals surface area contributed by atoms with Crippen LogP contribution in [-0.4, -0.2) is 36.2 Å². The van der Waals surface area contributed by atoms with Gasteiger partial charge in [0.05, 0.1) is 22.6 Å². The number of nitrogens with zero attached hydrogens (tertiary/aromatic N) is 3. The standard InChI is InChI=1S/C17H15ClF3N3O/c1-24(2)10-23-16(25)14(11-6-4-3-5-7-11)15-13(18)8-12(9-22-15)17(19,20)21/h3-10,14H,1-2H3. The number of carbonyl (C=O) groups excluding carboxylic acids is 1. The van der Waals surface area contributed by atoms with Crippen LogP contribution in [-0.2, 0) is 11.0 Å². The predicted molar refractivity (Wildman–Crippen MR) is 89.7 cm³/mol. The minimum Gasteiger partial charge on any atom is -0.369 e. The molecule has 1 amide bonds. The topological polar surface area (TPSA) is 45.6 Å². The van der Waals surface area contributed by atoms with Crippen LogP contribution in [0.4, 0.5) is 13.2 Å². The van der Waals surface area contributed by atoms with Crippen molar-refractivity contribution in [2.24, 2.45) is 4.99 Å². The summed E-state index contributed by atoms with van der Waals surface area (Å²) >= 11 is 6.01. The summed E-state index contributed by atoms with van der Waals surface area (Å²) in [5.41, 5.74) is -0.406. The second kappa shape index (κ2) is 7.65. The van der Waals surface area contributed by atoms with Crippen LogP contribution in [0, 0.1) is 0 Å². The highest BCUT2D eigenvalue weighted by Gasteiger charge is 2.33. The summed E-state index contributed by atoms with van der Waals surface area (Å²) in [5, 5.41) is -0.239. The Morgan fingerprint density at radius 3 is 2.44 bits per heavy atom. The van der Waals surface area contributed by atoms with E-state index in [-0.39, 0.29) is 10.7 Å². The monoisotopic (exact) mass is 369 g/mol. The SMILES string of the molecule is CN(C)C=NC(=O)C(c1ccccc1)c1ncc(C(F)(F)F)cc1Cl. The number of carbonyl (C=O) groups is 1. The highest BCUT2D eigenvalue weighted by Crippen LogP contribution is 2.35. The van der Waals surface area contributed by atoms with Crippen LogP contribution < -0.4 is 0 Å². The molecule has 1 aromatic heterocycles. The van der Waals surface area contributed by atoms with Gasteiger partial charge >= 0.3 is 6.18 Å². The van der Waals surface area contributed by atoms with E-state index in [1.54, 1.807) is 49.3 Å². The van der Waals surface area contributed by atoms with Gasteiger partial charge in [0.2, 0.25) is 0 Å². The lowest BCUT2D eigenvalue weighted by Crippen LogP contribution is -2.17. The molecule has 0 aliphatic rings. The Kier molecular flexibility index (Phi) is 5.79. The number of pyridine rings is 1. The van der Waals surface area contributed by atoms with Gasteiger partial charge in [0, 0.05) is 20.3 Å². The first-order valence-electron chi connectivity index (χ1n) is 7.22. The van der Waals surface area contributed by atoms with Gasteiger partial charge in [-0.25, -0.2) is 4.99 Å². The number of aliphatic imine (C=N–C) groups is 1. The van der Waals surface area contributed by atoms with Crippen molar-refractivity contribution in [2.45, 2.75) is 12.1 Å². The number of hydrogen-bond acceptors (Lipinski definition) is 2. The van der Waals surface area contributed by atoms with E-state index in [1.165, 1.54) is 6.34 Å². The first kappa shape index (κ1) is 18.9. The van der Waals surface area contributed by atoms with Crippen LogP contribution in [0.1, 0.15) is 22.7 Å². The van der Waals surface area contributed by atoms with E-state index in [2.05, 4.69) is 9.98 Å². The number of benzene rings is 1. The highest BCUT2D eigenvalue weighted by atomic mass is 35.5. The van der Waals surface area contributed by atoms with Crippen molar-refractivity contribution >= 4 is 23.8 Å². The number of amides is 1. The molecule has 2 rings (SSSR count). The summed E-state index contributed by atoms with van der Waals surface area (Å²) in [7, 11) is 3.38. The molecule has 0 aliphatic carbocycles. The summed E-state index contributed by atoms with van der Waals surface area (Å²) in [5.74, 6) is -1.57. The molecule has 1 heterocycles. The molecule has 0 fully saturated rings. The molecule has 1 atom stereocenters. The summed E-state index contributed by atoms with van der Waals surface area (Å²) in [6, 6.07) is 9.29. The highest BCUT2D eigenvalue weighted by molar-refractivity contribution is 6.31. The van der Waals surface area contributed by atoms with Gasteiger partial charge in [-0.2, -0.15) is 13.2 Å². The lowest BCUT2D eigenvalue weighted by molar-refractivity contribution is -0.137. The maximum absolute atomic E-state index is 12.8. The van der Waals surface area contributed by atoms with Crippen LogP contribution >= 0.6 is 11.6 Å². The van der Waals surface area contributed by atoms with E-state index in [1.807, 2.05) is 0 Å². The lowest BCUT2D eigenvalue weighted by atomic mass is 9.94. The average Bonchev–Trinajstić information content (AvgIpc) is 2.54. The van der Waals surface area contributed by atoms with Crippen molar-refractivity contribution in [1.82, 2.24) is 9.88 Å². The molecule has 8 heteroatoms. The zero-order chi connectivity index (χ0) is 18.6. The molecule has 25 heavy (non-hydrogen) atoms. The fraction of sp³-hybridized carbons (Fsp3) is 0.235. The van der Waals surface area contributed by atoms with Gasteiger partial charge < -0.3 is 4.90 Å². The Bertz CT molecular complexity index is 776. The molecule has 1 aromatic carbocycles. The Balaban J connectivity index is 2.51. The summed E-state index contributed by atoms with van der Waals surface area (Å²) < 4.78 is 38.4. The molecule has 0 radical (unpaired) electrons. The van der Waals surface area contributed by atoms with Crippen molar-refractivity contribution in [3.63, 3.8) is 0 Å². The maximum atomic E-state index is 12.8. The Morgan fingerprint density at radius 1 is 1.28 bits per heavy atom. The van der Waals surface area contributed by atoms with Crippen molar-refractivity contribution in [1.29, 1.82) is 0 Å². The third kappa shape index (κ3) is 4.79. The molecule has 0 N–H and O–H groups in total. The van der Waals surface area contributed by atoms with Crippen molar-refractivity contribution in [2.75, 3.05) is 14.1 Å². The van der Waals surface area contributed by atoms with Crippen LogP contribution in [0.25, 0.3) is 0 Å². The minimum absolute atomic E-state index is 0.0294. The second-order valence-corrected chi connectivity index (χ2v) is 5.89. The Morgan fingerprint density at radius 2 is 1.92 bits per heavy atom. The molecular formula is C17H15ClF3N3O. The van der Waals surface area contributed by atoms with Gasteiger partial charge in [-0.05, 0) is 11.6 Å². The molecule has 0 saturated heterocycles. The van der Waals surface area contributed by atoms with E-state index in [9.17, 15) is 18.0 Å². The van der Waals surface area contributed by atoms with Crippen molar-refractivity contribution in [3.05, 3.63) is 64.4 Å². The van der Waals surface area contributed by atoms with Crippen molar-refractivity contribution < 1.29 is 18.0 Å². The summed E-state index contributed by atoms with van der Waals surface area (Å²) in [6.45, 7) is 0. The van der Waals surface area contributed by atoms with Gasteiger partial charge in [0.25, 0.3) is 5.91 Å². The van der Waals surface area contributed by atoms with Crippen LogP contribution in [0.15, 0.2) is 47.6 Å². The number of halogens is 4. The van der Waals surface area contributed by atoms with E-state index in [0.717, 1.165) is 6.07 Å². The number of aromatic nitrogens is 1. The fourth-order valence-corrected chi connectivity index (χ4v) is 2.40. The average molecular weight is 370 g/mol. The lowest BCUT2D eigenvalue weighted by Gasteiger charge is -2.16.